The van der Waals surface area contributed by atoms with Crippen molar-refractivity contribution in [3.05, 3.63) is 0 Å². The standard InChI is InChI=1S/C25H46N4O2.C13H26N2.C10H14N2O2/c1-18(30)27-16-21-4-3-5-22(15-21)17-28-25(31)29-24-12-8-20(9-13-24)14-19-6-10-23(26-2)11-7-19;14-12-5-1-10(2-6-12)9-11-3-7-13(15)8-4-11;13-7-11-5-9-2-1-3-10(4-9)6-12-8-14/h19-24,26H,3-17H2,1-2H3,(H,27,30)(H2,28,29,31);10-13H,1-9,14-15H2;9-10H,1-6H2. The molecule has 6 rings (SSSR count). The third-order valence-corrected chi connectivity index (χ3v) is 15.4. The first-order valence-electron chi connectivity index (χ1n) is 24.7. The van der Waals surface area contributed by atoms with Crippen molar-refractivity contribution in [3.63, 3.8) is 0 Å². The van der Waals surface area contributed by atoms with Gasteiger partial charge in [-0.1, -0.05) is 12.8 Å². The van der Waals surface area contributed by atoms with Crippen molar-refractivity contribution in [1.82, 2.24) is 21.3 Å². The lowest BCUT2D eigenvalue weighted by Gasteiger charge is -2.34. The number of nitrogens with two attached hydrogens (primary N) is 2. The molecule has 0 bridgehead atoms. The molecule has 0 aromatic heterocycles. The smallest absolute Gasteiger partial charge is 0.315 e. The topological polar surface area (TPSA) is 193 Å². The second-order valence-corrected chi connectivity index (χ2v) is 20.2. The highest BCUT2D eigenvalue weighted by atomic mass is 16.2. The number of amides is 3. The molecule has 342 valence electrons. The fourth-order valence-corrected chi connectivity index (χ4v) is 11.6. The first-order chi connectivity index (χ1) is 29.1. The maximum atomic E-state index is 12.4. The highest BCUT2D eigenvalue weighted by Crippen LogP contribution is 2.37. The van der Waals surface area contributed by atoms with Gasteiger partial charge in [0, 0.05) is 44.2 Å². The molecule has 0 saturated heterocycles. The molecule has 0 aromatic rings. The number of carbonyl (C=O) groups is 2. The van der Waals surface area contributed by atoms with Crippen molar-refractivity contribution in [2.45, 2.75) is 198 Å². The molecular formula is C48H86N8O4. The van der Waals surface area contributed by atoms with Gasteiger partial charge >= 0.3 is 6.03 Å². The summed E-state index contributed by atoms with van der Waals surface area (Å²) < 4.78 is 0. The maximum Gasteiger partial charge on any atom is 0.315 e. The van der Waals surface area contributed by atoms with Crippen molar-refractivity contribution < 1.29 is 19.2 Å². The zero-order valence-corrected chi connectivity index (χ0v) is 37.8. The lowest BCUT2D eigenvalue weighted by Crippen LogP contribution is -2.45. The molecule has 6 saturated carbocycles. The van der Waals surface area contributed by atoms with Crippen LogP contribution in [-0.4, -0.2) is 81.5 Å². The van der Waals surface area contributed by atoms with Crippen LogP contribution in [0.2, 0.25) is 0 Å². The lowest BCUT2D eigenvalue weighted by molar-refractivity contribution is -0.119. The van der Waals surface area contributed by atoms with Gasteiger partial charge in [-0.2, -0.15) is 0 Å². The lowest BCUT2D eigenvalue weighted by atomic mass is 9.76. The molecule has 0 radical (unpaired) electrons. The maximum absolute atomic E-state index is 12.4. The van der Waals surface area contributed by atoms with Gasteiger partial charge in [0.2, 0.25) is 18.1 Å². The van der Waals surface area contributed by atoms with E-state index < -0.39 is 0 Å². The van der Waals surface area contributed by atoms with Gasteiger partial charge in [0.25, 0.3) is 0 Å². The Morgan fingerprint density at radius 3 is 1.32 bits per heavy atom. The third-order valence-electron chi connectivity index (χ3n) is 15.4. The van der Waals surface area contributed by atoms with Crippen molar-refractivity contribution in [3.8, 4) is 0 Å². The summed E-state index contributed by atoms with van der Waals surface area (Å²) >= 11 is 0. The van der Waals surface area contributed by atoms with E-state index in [2.05, 4.69) is 38.3 Å². The molecule has 8 N–H and O–H groups in total. The Bertz CT molecular complexity index is 1240. The zero-order valence-electron chi connectivity index (χ0n) is 37.8. The molecule has 6 aliphatic carbocycles. The third kappa shape index (κ3) is 20.5. The number of nitrogens with one attached hydrogen (secondary N) is 4. The predicted octanol–water partition coefficient (Wildman–Crippen LogP) is 7.83. The van der Waals surface area contributed by atoms with Gasteiger partial charge in [-0.05, 0) is 208 Å². The van der Waals surface area contributed by atoms with Gasteiger partial charge in [0.15, 0.2) is 0 Å². The van der Waals surface area contributed by atoms with E-state index in [0.717, 1.165) is 87.7 Å². The minimum Gasteiger partial charge on any atom is -0.356 e. The number of hydrogen-bond acceptors (Lipinski definition) is 9. The molecule has 4 unspecified atom stereocenters. The summed E-state index contributed by atoms with van der Waals surface area (Å²) in [5.41, 5.74) is 11.9. The van der Waals surface area contributed by atoms with Gasteiger partial charge < -0.3 is 32.7 Å². The molecular weight excluding hydrogens is 753 g/mol. The number of urea groups is 1. The Morgan fingerprint density at radius 2 is 0.900 bits per heavy atom. The van der Waals surface area contributed by atoms with Crippen molar-refractivity contribution >= 4 is 24.1 Å². The second-order valence-electron chi connectivity index (χ2n) is 20.2. The molecule has 0 aliphatic heterocycles. The Hall–Kier alpha value is -2.62. The van der Waals surface area contributed by atoms with Crippen LogP contribution in [0.1, 0.15) is 174 Å². The van der Waals surface area contributed by atoms with E-state index in [9.17, 15) is 19.2 Å². The van der Waals surface area contributed by atoms with Crippen LogP contribution >= 0.6 is 0 Å². The minimum absolute atomic E-state index is 0.0119. The molecule has 3 amide bonds. The van der Waals surface area contributed by atoms with Crippen LogP contribution in [0.15, 0.2) is 9.98 Å². The Labute approximate surface area is 363 Å². The summed E-state index contributed by atoms with van der Waals surface area (Å²) in [5.74, 6) is 5.81. The summed E-state index contributed by atoms with van der Waals surface area (Å²) in [7, 11) is 2.09. The van der Waals surface area contributed by atoms with E-state index in [1.165, 1.54) is 122 Å². The SMILES string of the molecule is CNC1CCC(CC2CCC(NC(=O)NCC3CCCC(CNC(C)=O)C3)CC2)CC1.NC1CCC(CC2CCC(N)CC2)CC1.O=C=NCC1CCCC(CN=C=O)C1. The fourth-order valence-electron chi connectivity index (χ4n) is 11.6. The zero-order chi connectivity index (χ0) is 43.0. The van der Waals surface area contributed by atoms with Gasteiger partial charge in [0.05, 0.1) is 13.1 Å². The van der Waals surface area contributed by atoms with Crippen LogP contribution < -0.4 is 32.7 Å². The van der Waals surface area contributed by atoms with E-state index >= 15 is 0 Å². The van der Waals surface area contributed by atoms with E-state index in [1.807, 2.05) is 0 Å². The van der Waals surface area contributed by atoms with Crippen LogP contribution in [0, 0.1) is 47.3 Å². The number of carbonyl (C=O) groups excluding carboxylic acids is 4. The number of rotatable bonds is 14. The van der Waals surface area contributed by atoms with Crippen molar-refractivity contribution in [2.75, 3.05) is 33.2 Å². The van der Waals surface area contributed by atoms with E-state index in [0.29, 0.717) is 54.9 Å². The Morgan fingerprint density at radius 1 is 0.517 bits per heavy atom. The van der Waals surface area contributed by atoms with Crippen LogP contribution in [0.5, 0.6) is 0 Å². The van der Waals surface area contributed by atoms with Crippen molar-refractivity contribution in [2.24, 2.45) is 68.8 Å². The van der Waals surface area contributed by atoms with Gasteiger partial charge in [0.1, 0.15) is 0 Å². The van der Waals surface area contributed by atoms with Gasteiger partial charge in [-0.15, -0.1) is 0 Å². The molecule has 12 heteroatoms. The molecule has 60 heavy (non-hydrogen) atoms. The van der Waals surface area contributed by atoms with Gasteiger partial charge in [-0.3, -0.25) is 4.79 Å². The van der Waals surface area contributed by atoms with Gasteiger partial charge in [-0.25, -0.2) is 24.4 Å². The largest absolute Gasteiger partial charge is 0.356 e. The molecule has 4 atom stereocenters. The molecule has 0 heterocycles. The highest BCUT2D eigenvalue weighted by molar-refractivity contribution is 5.74. The number of aliphatic imine (C=N–C) groups is 2. The number of nitrogens with zero attached hydrogens (tertiary/aromatic N) is 2. The molecule has 0 aromatic carbocycles. The Balaban J connectivity index is 0.000000227. The average Bonchev–Trinajstić information content (AvgIpc) is 3.27. The van der Waals surface area contributed by atoms with Crippen LogP contribution in [0.3, 0.4) is 0 Å². The molecule has 6 aliphatic rings. The quantitative estimate of drug-likeness (QED) is 0.0758. The van der Waals surface area contributed by atoms with E-state index in [1.54, 1.807) is 19.1 Å². The van der Waals surface area contributed by atoms with Crippen LogP contribution in [0.4, 0.5) is 4.79 Å². The predicted molar refractivity (Wildman–Crippen MR) is 242 cm³/mol. The fraction of sp³-hybridized carbons (Fsp3) is 0.917. The second kappa shape index (κ2) is 28.9. The molecule has 6 fully saturated rings. The summed E-state index contributed by atoms with van der Waals surface area (Å²) in [6, 6.07) is 2.10. The molecule has 0 spiro atoms. The summed E-state index contributed by atoms with van der Waals surface area (Å²) in [4.78, 5) is 50.6. The molecule has 12 nitrogen and oxygen atoms in total. The first-order valence-corrected chi connectivity index (χ1v) is 24.7. The van der Waals surface area contributed by atoms with Crippen molar-refractivity contribution in [1.29, 1.82) is 0 Å². The van der Waals surface area contributed by atoms with E-state index in [4.69, 9.17) is 11.5 Å². The summed E-state index contributed by atoms with van der Waals surface area (Å²) in [5, 5.41) is 12.7. The minimum atomic E-state index is 0.0119. The van der Waals surface area contributed by atoms with E-state index in [-0.39, 0.29) is 11.9 Å². The summed E-state index contributed by atoms with van der Waals surface area (Å²) in [6.45, 7) is 4.26. The average molecular weight is 839 g/mol. The van der Waals surface area contributed by atoms with Crippen LogP contribution in [-0.2, 0) is 14.4 Å². The number of hydrogen-bond donors (Lipinski definition) is 6. The van der Waals surface area contributed by atoms with Crippen LogP contribution in [0.25, 0.3) is 0 Å². The monoisotopic (exact) mass is 839 g/mol. The normalized spacial score (nSPS) is 34.3. The summed E-state index contributed by atoms with van der Waals surface area (Å²) in [6.07, 6.45) is 35.8. The Kier molecular flexibility index (Phi) is 24.1. The first kappa shape index (κ1) is 50.0. The number of isocyanates is 2. The highest BCUT2D eigenvalue weighted by Gasteiger charge is 2.29.